The minimum absolute atomic E-state index is 0.260. The molecule has 5 heteroatoms. The van der Waals surface area contributed by atoms with Crippen molar-refractivity contribution in [2.75, 3.05) is 11.9 Å². The highest BCUT2D eigenvalue weighted by atomic mass is 79.9. The Labute approximate surface area is 113 Å². The van der Waals surface area contributed by atoms with Crippen LogP contribution in [0.25, 0.3) is 0 Å². The molecule has 2 rings (SSSR count). The van der Waals surface area contributed by atoms with Gasteiger partial charge in [0.1, 0.15) is 0 Å². The van der Waals surface area contributed by atoms with E-state index in [9.17, 15) is 4.79 Å². The first-order valence-electron chi connectivity index (χ1n) is 5.33. The Hall–Kier alpha value is -1.75. The Bertz CT molecular complexity index is 551. The van der Waals surface area contributed by atoms with Gasteiger partial charge in [0.15, 0.2) is 0 Å². The summed E-state index contributed by atoms with van der Waals surface area (Å²) in [7, 11) is 1.94. The lowest BCUT2D eigenvalue weighted by atomic mass is 10.2. The van der Waals surface area contributed by atoms with Gasteiger partial charge in [0.25, 0.3) is 0 Å². The van der Waals surface area contributed by atoms with Crippen molar-refractivity contribution in [1.82, 2.24) is 0 Å². The van der Waals surface area contributed by atoms with Gasteiger partial charge in [0.2, 0.25) is 0 Å². The predicted octanol–water partition coefficient (Wildman–Crippen LogP) is 3.38. The van der Waals surface area contributed by atoms with E-state index in [0.29, 0.717) is 11.0 Å². The molecule has 1 heterocycles. The third-order valence-corrected chi connectivity index (χ3v) is 3.28. The number of hydrogen-bond donors (Lipinski definition) is 1. The van der Waals surface area contributed by atoms with Crippen LogP contribution in [-0.4, -0.2) is 18.1 Å². The van der Waals surface area contributed by atoms with Gasteiger partial charge >= 0.3 is 5.97 Å². The van der Waals surface area contributed by atoms with E-state index in [1.807, 2.05) is 18.0 Å². The fraction of sp³-hybridized carbons (Fsp3) is 0.154. The Balaban J connectivity index is 2.18. The van der Waals surface area contributed by atoms with E-state index in [2.05, 4.69) is 15.9 Å². The SMILES string of the molecule is CN(Cc1ccoc1)c1ccc(C(=O)O)c(Br)c1. The van der Waals surface area contributed by atoms with Crippen LogP contribution in [0.15, 0.2) is 45.7 Å². The summed E-state index contributed by atoms with van der Waals surface area (Å²) in [6, 6.07) is 7.07. The van der Waals surface area contributed by atoms with Crippen LogP contribution in [0, 0.1) is 0 Å². The molecule has 4 nitrogen and oxygen atoms in total. The maximum atomic E-state index is 10.9. The van der Waals surface area contributed by atoms with Gasteiger partial charge in [0.05, 0.1) is 18.1 Å². The van der Waals surface area contributed by atoms with Crippen LogP contribution >= 0.6 is 15.9 Å². The molecule has 1 N–H and O–H groups in total. The number of hydrogen-bond acceptors (Lipinski definition) is 3. The number of benzene rings is 1. The van der Waals surface area contributed by atoms with Gasteiger partial charge in [0, 0.05) is 29.3 Å². The molecule has 0 saturated carbocycles. The molecule has 0 radical (unpaired) electrons. The van der Waals surface area contributed by atoms with E-state index >= 15 is 0 Å². The van der Waals surface area contributed by atoms with Crippen LogP contribution in [0.3, 0.4) is 0 Å². The molecule has 0 aliphatic rings. The topological polar surface area (TPSA) is 53.7 Å². The van der Waals surface area contributed by atoms with Crippen molar-refractivity contribution in [3.05, 3.63) is 52.4 Å². The summed E-state index contributed by atoms with van der Waals surface area (Å²) in [4.78, 5) is 12.9. The molecule has 0 fully saturated rings. The highest BCUT2D eigenvalue weighted by Crippen LogP contribution is 2.24. The minimum atomic E-state index is -0.939. The third kappa shape index (κ3) is 2.73. The van der Waals surface area contributed by atoms with E-state index in [-0.39, 0.29) is 5.56 Å². The Morgan fingerprint density at radius 2 is 2.22 bits per heavy atom. The number of nitrogens with zero attached hydrogens (tertiary/aromatic N) is 1. The van der Waals surface area contributed by atoms with E-state index in [1.165, 1.54) is 0 Å². The van der Waals surface area contributed by atoms with Crippen molar-refractivity contribution in [3.8, 4) is 0 Å². The first-order valence-corrected chi connectivity index (χ1v) is 6.12. The zero-order chi connectivity index (χ0) is 13.1. The third-order valence-electron chi connectivity index (χ3n) is 2.62. The maximum absolute atomic E-state index is 10.9. The molecular weight excluding hydrogens is 298 g/mol. The van der Waals surface area contributed by atoms with E-state index in [4.69, 9.17) is 9.52 Å². The van der Waals surface area contributed by atoms with Crippen molar-refractivity contribution < 1.29 is 14.3 Å². The lowest BCUT2D eigenvalue weighted by Crippen LogP contribution is -2.16. The smallest absolute Gasteiger partial charge is 0.336 e. The summed E-state index contributed by atoms with van der Waals surface area (Å²) in [5, 5.41) is 8.95. The minimum Gasteiger partial charge on any atom is -0.478 e. The molecule has 0 bridgehead atoms. The number of carboxylic acids is 1. The number of rotatable bonds is 4. The number of carboxylic acid groups (broad SMARTS) is 1. The molecule has 2 aromatic rings. The largest absolute Gasteiger partial charge is 0.478 e. The standard InChI is InChI=1S/C13H12BrNO3/c1-15(7-9-4-5-18-8-9)10-2-3-11(13(16)17)12(14)6-10/h2-6,8H,7H2,1H3,(H,16,17). The summed E-state index contributed by atoms with van der Waals surface area (Å²) < 4.78 is 5.59. The summed E-state index contributed by atoms with van der Waals surface area (Å²) in [6.45, 7) is 0.704. The average Bonchev–Trinajstić information content (AvgIpc) is 2.81. The van der Waals surface area contributed by atoms with Gasteiger partial charge in [-0.05, 0) is 40.2 Å². The summed E-state index contributed by atoms with van der Waals surface area (Å²) in [5.74, 6) is -0.939. The monoisotopic (exact) mass is 309 g/mol. The lowest BCUT2D eigenvalue weighted by molar-refractivity contribution is 0.0696. The molecule has 1 aromatic carbocycles. The fourth-order valence-electron chi connectivity index (χ4n) is 1.66. The van der Waals surface area contributed by atoms with Crippen LogP contribution in [0.5, 0.6) is 0 Å². The molecule has 0 amide bonds. The Kier molecular flexibility index (Phi) is 3.72. The predicted molar refractivity (Wildman–Crippen MR) is 71.9 cm³/mol. The summed E-state index contributed by atoms with van der Waals surface area (Å²) in [5.41, 5.74) is 2.26. The lowest BCUT2D eigenvalue weighted by Gasteiger charge is -2.19. The molecule has 0 unspecified atom stereocenters. The second-order valence-electron chi connectivity index (χ2n) is 3.96. The molecule has 1 aromatic heterocycles. The average molecular weight is 310 g/mol. The van der Waals surface area contributed by atoms with Crippen LogP contribution in [0.2, 0.25) is 0 Å². The second kappa shape index (κ2) is 5.27. The van der Waals surface area contributed by atoms with Crippen LogP contribution in [-0.2, 0) is 6.54 Å². The molecule has 94 valence electrons. The number of anilines is 1. The van der Waals surface area contributed by atoms with Crippen molar-refractivity contribution in [2.24, 2.45) is 0 Å². The zero-order valence-corrected chi connectivity index (χ0v) is 11.3. The van der Waals surface area contributed by atoms with Crippen molar-refractivity contribution in [1.29, 1.82) is 0 Å². The fourth-order valence-corrected chi connectivity index (χ4v) is 2.20. The summed E-state index contributed by atoms with van der Waals surface area (Å²) >= 11 is 3.27. The van der Waals surface area contributed by atoms with Gasteiger partial charge in [-0.3, -0.25) is 0 Å². The number of halogens is 1. The van der Waals surface area contributed by atoms with Crippen molar-refractivity contribution >= 4 is 27.6 Å². The maximum Gasteiger partial charge on any atom is 0.336 e. The molecule has 0 aliphatic heterocycles. The van der Waals surface area contributed by atoms with Gasteiger partial charge in [-0.25, -0.2) is 4.79 Å². The van der Waals surface area contributed by atoms with Crippen LogP contribution in [0.4, 0.5) is 5.69 Å². The van der Waals surface area contributed by atoms with Gasteiger partial charge in [-0.2, -0.15) is 0 Å². The zero-order valence-electron chi connectivity index (χ0n) is 9.76. The quantitative estimate of drug-likeness (QED) is 0.940. The molecule has 0 saturated heterocycles. The summed E-state index contributed by atoms with van der Waals surface area (Å²) in [6.07, 6.45) is 3.32. The normalized spacial score (nSPS) is 10.3. The van der Waals surface area contributed by atoms with Crippen molar-refractivity contribution in [2.45, 2.75) is 6.54 Å². The van der Waals surface area contributed by atoms with E-state index in [0.717, 1.165) is 11.3 Å². The van der Waals surface area contributed by atoms with Gasteiger partial charge < -0.3 is 14.4 Å². The first-order chi connectivity index (χ1) is 8.58. The molecular formula is C13H12BrNO3. The molecule has 0 aliphatic carbocycles. The Morgan fingerprint density at radius 1 is 1.44 bits per heavy atom. The number of carbonyl (C=O) groups is 1. The Morgan fingerprint density at radius 3 is 2.78 bits per heavy atom. The van der Waals surface area contributed by atoms with Crippen molar-refractivity contribution in [3.63, 3.8) is 0 Å². The van der Waals surface area contributed by atoms with Gasteiger partial charge in [-0.15, -0.1) is 0 Å². The first kappa shape index (κ1) is 12.7. The molecule has 0 spiro atoms. The second-order valence-corrected chi connectivity index (χ2v) is 4.81. The highest BCUT2D eigenvalue weighted by molar-refractivity contribution is 9.10. The number of aromatic carboxylic acids is 1. The van der Waals surface area contributed by atoms with Gasteiger partial charge in [-0.1, -0.05) is 0 Å². The van der Waals surface area contributed by atoms with E-state index < -0.39 is 5.97 Å². The molecule has 18 heavy (non-hydrogen) atoms. The van der Waals surface area contributed by atoms with Crippen LogP contribution < -0.4 is 4.90 Å². The highest BCUT2D eigenvalue weighted by Gasteiger charge is 2.10. The molecule has 0 atom stereocenters. The van der Waals surface area contributed by atoms with Crippen LogP contribution in [0.1, 0.15) is 15.9 Å². The van der Waals surface area contributed by atoms with E-state index in [1.54, 1.807) is 30.7 Å². The number of furan rings is 1.